The molecule has 0 saturated carbocycles. The Kier molecular flexibility index (Phi) is 4.23. The fraction of sp³-hybridized carbons (Fsp3) is 0.333. The quantitative estimate of drug-likeness (QED) is 0.882. The minimum atomic E-state index is -0.389. The molecule has 22 heavy (non-hydrogen) atoms. The summed E-state index contributed by atoms with van der Waals surface area (Å²) in [5.74, 6) is 0. The molecule has 1 aliphatic heterocycles. The summed E-state index contributed by atoms with van der Waals surface area (Å²) in [6, 6.07) is 17.0. The van der Waals surface area contributed by atoms with Crippen LogP contribution in [0, 0.1) is 0 Å². The summed E-state index contributed by atoms with van der Waals surface area (Å²) in [5.41, 5.74) is 1.81. The highest BCUT2D eigenvalue weighted by Gasteiger charge is 2.44. The van der Waals surface area contributed by atoms with Crippen molar-refractivity contribution in [1.29, 1.82) is 0 Å². The van der Waals surface area contributed by atoms with Gasteiger partial charge in [0.2, 0.25) is 0 Å². The summed E-state index contributed by atoms with van der Waals surface area (Å²) in [6.45, 7) is 6.06. The molecule has 1 N–H and O–H groups in total. The van der Waals surface area contributed by atoms with Crippen LogP contribution >= 0.6 is 12.2 Å². The first-order chi connectivity index (χ1) is 10.6. The summed E-state index contributed by atoms with van der Waals surface area (Å²) >= 11 is 5.77. The van der Waals surface area contributed by atoms with Crippen molar-refractivity contribution in [3.63, 3.8) is 0 Å². The van der Waals surface area contributed by atoms with Crippen LogP contribution in [-0.2, 0) is 5.41 Å². The first kappa shape index (κ1) is 15.1. The highest BCUT2D eigenvalue weighted by atomic mass is 32.1. The van der Waals surface area contributed by atoms with Crippen molar-refractivity contribution in [2.45, 2.75) is 25.3 Å². The van der Waals surface area contributed by atoms with Gasteiger partial charge < -0.3 is 5.32 Å². The van der Waals surface area contributed by atoms with Crippen molar-refractivity contribution in [3.05, 3.63) is 66.0 Å². The highest BCUT2D eigenvalue weighted by Crippen LogP contribution is 2.35. The number of thiocarbonyl (C=S) groups is 1. The monoisotopic (exact) mass is 311 g/mol. The van der Waals surface area contributed by atoms with Gasteiger partial charge in [0.05, 0.1) is 17.4 Å². The van der Waals surface area contributed by atoms with Gasteiger partial charge in [-0.1, -0.05) is 48.6 Å². The van der Waals surface area contributed by atoms with Gasteiger partial charge in [0, 0.05) is 18.8 Å². The molecule has 3 nitrogen and oxygen atoms in total. The van der Waals surface area contributed by atoms with E-state index in [0.717, 1.165) is 23.9 Å². The smallest absolute Gasteiger partial charge is 0.100 e. The molecule has 3 rings (SSSR count). The van der Waals surface area contributed by atoms with Gasteiger partial charge in [-0.2, -0.15) is 0 Å². The molecular formula is C18H21N3S. The first-order valence-corrected chi connectivity index (χ1v) is 8.05. The number of aromatic nitrogens is 1. The number of rotatable bonds is 3. The van der Waals surface area contributed by atoms with E-state index in [9.17, 15) is 0 Å². The van der Waals surface area contributed by atoms with Gasteiger partial charge in [-0.3, -0.25) is 9.88 Å². The molecular weight excluding hydrogens is 290 g/mol. The van der Waals surface area contributed by atoms with Gasteiger partial charge >= 0.3 is 0 Å². The van der Waals surface area contributed by atoms with Gasteiger partial charge in [0.1, 0.15) is 5.41 Å². The number of hydrogen-bond acceptors (Lipinski definition) is 3. The van der Waals surface area contributed by atoms with Crippen molar-refractivity contribution in [2.24, 2.45) is 0 Å². The lowest BCUT2D eigenvalue weighted by molar-refractivity contribution is 0.178. The average Bonchev–Trinajstić information content (AvgIpc) is 2.57. The topological polar surface area (TPSA) is 28.2 Å². The fourth-order valence-electron chi connectivity index (χ4n) is 3.03. The third kappa shape index (κ3) is 2.53. The number of pyridine rings is 1. The van der Waals surface area contributed by atoms with Crippen LogP contribution < -0.4 is 5.32 Å². The molecule has 0 radical (unpaired) electrons. The highest BCUT2D eigenvalue weighted by molar-refractivity contribution is 7.80. The summed E-state index contributed by atoms with van der Waals surface area (Å²) in [4.78, 5) is 7.90. The maximum Gasteiger partial charge on any atom is 0.100 e. The predicted molar refractivity (Wildman–Crippen MR) is 93.9 cm³/mol. The third-order valence-corrected chi connectivity index (χ3v) is 4.86. The zero-order chi connectivity index (χ0) is 15.6. The molecule has 0 bridgehead atoms. The predicted octanol–water partition coefficient (Wildman–Crippen LogP) is 2.97. The van der Waals surface area contributed by atoms with Crippen LogP contribution in [-0.4, -0.2) is 34.1 Å². The lowest BCUT2D eigenvalue weighted by Gasteiger charge is -2.45. The second-order valence-electron chi connectivity index (χ2n) is 5.99. The van der Waals surface area contributed by atoms with Crippen molar-refractivity contribution in [2.75, 3.05) is 13.2 Å². The Labute approximate surface area is 137 Å². The lowest BCUT2D eigenvalue weighted by atomic mass is 9.75. The summed E-state index contributed by atoms with van der Waals surface area (Å²) in [7, 11) is 0. The summed E-state index contributed by atoms with van der Waals surface area (Å²) < 4.78 is 0. The molecule has 2 aromatic rings. The molecule has 4 heteroatoms. The average molecular weight is 311 g/mol. The number of benzene rings is 1. The Morgan fingerprint density at radius 3 is 2.50 bits per heavy atom. The van der Waals surface area contributed by atoms with Crippen LogP contribution in [0.15, 0.2) is 54.7 Å². The van der Waals surface area contributed by atoms with E-state index < -0.39 is 0 Å². The van der Waals surface area contributed by atoms with E-state index in [1.807, 2.05) is 24.4 Å². The largest absolute Gasteiger partial charge is 0.366 e. The molecule has 1 aliphatic rings. The molecule has 1 atom stereocenters. The fourth-order valence-corrected chi connectivity index (χ4v) is 3.38. The Morgan fingerprint density at radius 2 is 1.86 bits per heavy atom. The van der Waals surface area contributed by atoms with E-state index in [4.69, 9.17) is 12.2 Å². The van der Waals surface area contributed by atoms with Crippen molar-refractivity contribution >= 4 is 17.2 Å². The Bertz CT molecular complexity index is 600. The van der Waals surface area contributed by atoms with Crippen LogP contribution in [0.2, 0.25) is 0 Å². The van der Waals surface area contributed by atoms with Crippen LogP contribution in [0.4, 0.5) is 0 Å². The SMILES string of the molecule is CC(C)N1CNC(=S)C(c2ccccc2)(c2ccccn2)C1. The molecule has 1 aromatic heterocycles. The minimum Gasteiger partial charge on any atom is -0.366 e. The molecule has 1 aromatic carbocycles. The van der Waals surface area contributed by atoms with Crippen LogP contribution in [0.3, 0.4) is 0 Å². The van der Waals surface area contributed by atoms with E-state index in [0.29, 0.717) is 6.04 Å². The summed E-state index contributed by atoms with van der Waals surface area (Å²) in [5, 5.41) is 3.42. The molecule has 1 saturated heterocycles. The van der Waals surface area contributed by atoms with Crippen LogP contribution in [0.25, 0.3) is 0 Å². The van der Waals surface area contributed by atoms with Gasteiger partial charge in [-0.15, -0.1) is 0 Å². The normalized spacial score (nSPS) is 22.6. The Hall–Kier alpha value is -1.78. The van der Waals surface area contributed by atoms with Crippen LogP contribution in [0.5, 0.6) is 0 Å². The molecule has 0 amide bonds. The van der Waals surface area contributed by atoms with Gasteiger partial charge in [0.15, 0.2) is 0 Å². The lowest BCUT2D eigenvalue weighted by Crippen LogP contribution is -2.61. The van der Waals surface area contributed by atoms with Gasteiger partial charge in [-0.05, 0) is 31.5 Å². The zero-order valence-electron chi connectivity index (χ0n) is 13.0. The van der Waals surface area contributed by atoms with Crippen molar-refractivity contribution < 1.29 is 0 Å². The van der Waals surface area contributed by atoms with Crippen molar-refractivity contribution in [3.8, 4) is 0 Å². The molecule has 0 spiro atoms. The minimum absolute atomic E-state index is 0.389. The Balaban J connectivity index is 2.16. The first-order valence-electron chi connectivity index (χ1n) is 7.64. The standard InChI is InChI=1S/C18H21N3S/c1-14(2)21-12-18(17(22)20-13-21,15-8-4-3-5-9-15)16-10-6-7-11-19-16/h3-11,14H,12-13H2,1-2H3,(H,20,22). The molecule has 1 fully saturated rings. The van der Waals surface area contributed by atoms with E-state index in [1.165, 1.54) is 5.56 Å². The van der Waals surface area contributed by atoms with E-state index in [-0.39, 0.29) is 5.41 Å². The van der Waals surface area contributed by atoms with E-state index >= 15 is 0 Å². The maximum atomic E-state index is 5.77. The maximum absolute atomic E-state index is 5.77. The van der Waals surface area contributed by atoms with Gasteiger partial charge in [0.25, 0.3) is 0 Å². The zero-order valence-corrected chi connectivity index (χ0v) is 13.8. The third-order valence-electron chi connectivity index (χ3n) is 4.37. The number of hydrogen-bond donors (Lipinski definition) is 1. The van der Waals surface area contributed by atoms with E-state index in [2.05, 4.69) is 59.4 Å². The van der Waals surface area contributed by atoms with Crippen molar-refractivity contribution in [1.82, 2.24) is 15.2 Å². The second-order valence-corrected chi connectivity index (χ2v) is 6.40. The van der Waals surface area contributed by atoms with Gasteiger partial charge in [-0.25, -0.2) is 0 Å². The number of nitrogens with one attached hydrogen (secondary N) is 1. The molecule has 0 aliphatic carbocycles. The van der Waals surface area contributed by atoms with Crippen LogP contribution in [0.1, 0.15) is 25.1 Å². The molecule has 2 heterocycles. The van der Waals surface area contributed by atoms with E-state index in [1.54, 1.807) is 0 Å². The Morgan fingerprint density at radius 1 is 1.14 bits per heavy atom. The second kappa shape index (κ2) is 6.15. The molecule has 1 unspecified atom stereocenters. The molecule has 114 valence electrons. The summed E-state index contributed by atoms with van der Waals surface area (Å²) in [6.07, 6.45) is 1.84. The number of nitrogens with zero attached hydrogens (tertiary/aromatic N) is 2.